The van der Waals surface area contributed by atoms with Gasteiger partial charge in [0.15, 0.2) is 0 Å². The number of nitrogens with one attached hydrogen (secondary N) is 1. The minimum Gasteiger partial charge on any atom is -0.419 e. The molecule has 0 atom stereocenters. The largest absolute Gasteiger partial charge is 0.419 e. The van der Waals surface area contributed by atoms with Crippen LogP contribution >= 0.6 is 24.0 Å². The number of hydrogen-bond donors (Lipinski definition) is 1. The molecule has 0 amide bonds. The van der Waals surface area contributed by atoms with Crippen LogP contribution < -0.4 is 5.32 Å². The van der Waals surface area contributed by atoms with E-state index < -0.39 is 0 Å². The molecule has 0 aliphatic rings. The number of halogens is 2. The second-order valence-corrected chi connectivity index (χ2v) is 4.42. The molecule has 1 aromatic heterocycles. The maximum atomic E-state index is 6.05. The summed E-state index contributed by atoms with van der Waals surface area (Å²) < 4.78 is 5.53. The van der Waals surface area contributed by atoms with Crippen LogP contribution in [-0.2, 0) is 6.54 Å². The van der Waals surface area contributed by atoms with E-state index in [4.69, 9.17) is 16.0 Å². The second-order valence-electron chi connectivity index (χ2n) is 4.02. The third kappa shape index (κ3) is 3.70. The molecule has 0 unspecified atom stereocenters. The van der Waals surface area contributed by atoms with Gasteiger partial charge in [-0.25, -0.2) is 0 Å². The highest BCUT2D eigenvalue weighted by atomic mass is 35.5. The maximum absolute atomic E-state index is 6.05. The van der Waals surface area contributed by atoms with Gasteiger partial charge in [-0.3, -0.25) is 0 Å². The van der Waals surface area contributed by atoms with Gasteiger partial charge in [-0.1, -0.05) is 37.6 Å². The normalized spacial score (nSPS) is 10.4. The maximum Gasteiger partial charge on any atom is 0.249 e. The SMILES string of the molecule is CC(C)NCc1nnc(-c2ccccc2Cl)o1.Cl. The standard InChI is InChI=1S/C12H14ClN3O.ClH/c1-8(2)14-7-11-15-16-12(17-11)9-5-3-4-6-10(9)13;/h3-6,8,14H,7H2,1-2H3;1H. The van der Waals surface area contributed by atoms with Crippen LogP contribution in [0.3, 0.4) is 0 Å². The third-order valence-electron chi connectivity index (χ3n) is 2.23. The quantitative estimate of drug-likeness (QED) is 0.937. The van der Waals surface area contributed by atoms with E-state index in [9.17, 15) is 0 Å². The van der Waals surface area contributed by atoms with Crippen molar-refractivity contribution in [2.24, 2.45) is 0 Å². The molecule has 4 nitrogen and oxygen atoms in total. The molecule has 18 heavy (non-hydrogen) atoms. The van der Waals surface area contributed by atoms with E-state index in [0.717, 1.165) is 5.56 Å². The van der Waals surface area contributed by atoms with E-state index in [0.29, 0.717) is 29.4 Å². The predicted molar refractivity (Wildman–Crippen MR) is 74.0 cm³/mol. The number of rotatable bonds is 4. The minimum atomic E-state index is 0. The smallest absolute Gasteiger partial charge is 0.249 e. The number of hydrogen-bond acceptors (Lipinski definition) is 4. The molecule has 1 N–H and O–H groups in total. The van der Waals surface area contributed by atoms with E-state index in [1.165, 1.54) is 0 Å². The number of nitrogens with zero attached hydrogens (tertiary/aromatic N) is 2. The Hall–Kier alpha value is -1.10. The molecule has 1 heterocycles. The lowest BCUT2D eigenvalue weighted by Gasteiger charge is -2.03. The van der Waals surface area contributed by atoms with E-state index in [1.807, 2.05) is 18.2 Å². The zero-order valence-corrected chi connectivity index (χ0v) is 11.8. The van der Waals surface area contributed by atoms with Gasteiger partial charge >= 0.3 is 0 Å². The molecular weight excluding hydrogens is 273 g/mol. The zero-order valence-electron chi connectivity index (χ0n) is 10.2. The molecule has 1 aromatic carbocycles. The first-order valence-corrected chi connectivity index (χ1v) is 5.85. The molecule has 6 heteroatoms. The van der Waals surface area contributed by atoms with Crippen molar-refractivity contribution in [3.8, 4) is 11.5 Å². The third-order valence-corrected chi connectivity index (χ3v) is 2.56. The summed E-state index contributed by atoms with van der Waals surface area (Å²) in [5.41, 5.74) is 0.762. The summed E-state index contributed by atoms with van der Waals surface area (Å²) in [5, 5.41) is 11.8. The monoisotopic (exact) mass is 287 g/mol. The summed E-state index contributed by atoms with van der Waals surface area (Å²) in [7, 11) is 0. The van der Waals surface area contributed by atoms with Crippen LogP contribution in [0.5, 0.6) is 0 Å². The Balaban J connectivity index is 0.00000162. The first-order chi connectivity index (χ1) is 8.16. The van der Waals surface area contributed by atoms with Gasteiger partial charge in [0.25, 0.3) is 0 Å². The topological polar surface area (TPSA) is 51.0 Å². The Labute approximate surface area is 117 Å². The van der Waals surface area contributed by atoms with Crippen LogP contribution in [0.2, 0.25) is 5.02 Å². The molecule has 0 bridgehead atoms. The van der Waals surface area contributed by atoms with Crippen LogP contribution in [0.1, 0.15) is 19.7 Å². The summed E-state index contributed by atoms with van der Waals surface area (Å²) in [6.45, 7) is 4.69. The summed E-state index contributed by atoms with van der Waals surface area (Å²) in [6.07, 6.45) is 0. The second kappa shape index (κ2) is 6.73. The molecule has 0 aliphatic carbocycles. The van der Waals surface area contributed by atoms with Gasteiger partial charge in [0.1, 0.15) is 0 Å². The van der Waals surface area contributed by atoms with Crippen molar-refractivity contribution in [1.29, 1.82) is 0 Å². The van der Waals surface area contributed by atoms with Crippen LogP contribution in [0.4, 0.5) is 0 Å². The fourth-order valence-corrected chi connectivity index (χ4v) is 1.58. The summed E-state index contributed by atoms with van der Waals surface area (Å²) in [6, 6.07) is 7.79. The van der Waals surface area contributed by atoms with Crippen molar-refractivity contribution in [2.75, 3.05) is 0 Å². The molecule has 0 fully saturated rings. The highest BCUT2D eigenvalue weighted by molar-refractivity contribution is 6.33. The average Bonchev–Trinajstić information content (AvgIpc) is 2.75. The van der Waals surface area contributed by atoms with E-state index >= 15 is 0 Å². The van der Waals surface area contributed by atoms with Crippen molar-refractivity contribution in [3.63, 3.8) is 0 Å². The van der Waals surface area contributed by atoms with Gasteiger partial charge in [-0.05, 0) is 12.1 Å². The molecule has 0 saturated heterocycles. The molecule has 0 saturated carbocycles. The molecule has 0 radical (unpaired) electrons. The molecule has 0 aliphatic heterocycles. The van der Waals surface area contributed by atoms with Gasteiger partial charge in [-0.2, -0.15) is 0 Å². The molecule has 2 aromatic rings. The fourth-order valence-electron chi connectivity index (χ4n) is 1.36. The number of aromatic nitrogens is 2. The Kier molecular flexibility index (Phi) is 5.59. The Bertz CT molecular complexity index is 500. The Morgan fingerprint density at radius 2 is 2.00 bits per heavy atom. The molecule has 2 rings (SSSR count). The minimum absolute atomic E-state index is 0. The van der Waals surface area contributed by atoms with Crippen LogP contribution in [0, 0.1) is 0 Å². The van der Waals surface area contributed by atoms with E-state index in [-0.39, 0.29) is 12.4 Å². The fraction of sp³-hybridized carbons (Fsp3) is 0.333. The molecule has 0 spiro atoms. The van der Waals surface area contributed by atoms with Crippen LogP contribution in [0.15, 0.2) is 28.7 Å². The van der Waals surface area contributed by atoms with Crippen molar-refractivity contribution in [3.05, 3.63) is 35.2 Å². The Morgan fingerprint density at radius 1 is 1.28 bits per heavy atom. The summed E-state index contributed by atoms with van der Waals surface area (Å²) >= 11 is 6.05. The van der Waals surface area contributed by atoms with Crippen LogP contribution in [-0.4, -0.2) is 16.2 Å². The van der Waals surface area contributed by atoms with E-state index in [1.54, 1.807) is 6.07 Å². The van der Waals surface area contributed by atoms with Gasteiger partial charge in [0.2, 0.25) is 11.8 Å². The lowest BCUT2D eigenvalue weighted by molar-refractivity contribution is 0.459. The van der Waals surface area contributed by atoms with Crippen molar-refractivity contribution < 1.29 is 4.42 Å². The van der Waals surface area contributed by atoms with Gasteiger partial charge in [0.05, 0.1) is 17.1 Å². The summed E-state index contributed by atoms with van der Waals surface area (Å²) in [5.74, 6) is 1.02. The van der Waals surface area contributed by atoms with Crippen LogP contribution in [0.25, 0.3) is 11.5 Å². The first-order valence-electron chi connectivity index (χ1n) is 5.47. The van der Waals surface area contributed by atoms with Crippen molar-refractivity contribution in [2.45, 2.75) is 26.4 Å². The number of benzene rings is 1. The molecular formula is C12H15Cl2N3O. The zero-order chi connectivity index (χ0) is 12.3. The Morgan fingerprint density at radius 3 is 2.67 bits per heavy atom. The van der Waals surface area contributed by atoms with Crippen molar-refractivity contribution >= 4 is 24.0 Å². The lowest BCUT2D eigenvalue weighted by atomic mass is 10.2. The average molecular weight is 288 g/mol. The molecule has 98 valence electrons. The lowest BCUT2D eigenvalue weighted by Crippen LogP contribution is -2.21. The highest BCUT2D eigenvalue weighted by Gasteiger charge is 2.11. The van der Waals surface area contributed by atoms with Gasteiger partial charge in [-0.15, -0.1) is 22.6 Å². The van der Waals surface area contributed by atoms with Gasteiger partial charge in [0, 0.05) is 6.04 Å². The summed E-state index contributed by atoms with van der Waals surface area (Å²) in [4.78, 5) is 0. The predicted octanol–water partition coefficient (Wildman–Crippen LogP) is 3.31. The first kappa shape index (κ1) is 15.0. The highest BCUT2D eigenvalue weighted by Crippen LogP contribution is 2.25. The van der Waals surface area contributed by atoms with Gasteiger partial charge < -0.3 is 9.73 Å². The van der Waals surface area contributed by atoms with E-state index in [2.05, 4.69) is 29.4 Å². The van der Waals surface area contributed by atoms with Crippen molar-refractivity contribution in [1.82, 2.24) is 15.5 Å².